The van der Waals surface area contributed by atoms with Crippen LogP contribution in [0.25, 0.3) is 0 Å². The second-order valence-corrected chi connectivity index (χ2v) is 6.61. The minimum absolute atomic E-state index is 0.0450. The summed E-state index contributed by atoms with van der Waals surface area (Å²) in [5.41, 5.74) is 1.10. The number of benzene rings is 1. The lowest BCUT2D eigenvalue weighted by molar-refractivity contribution is 0.235. The average molecular weight is 329 g/mol. The number of rotatable bonds is 5. The predicted octanol–water partition coefficient (Wildman–Crippen LogP) is 2.93. The molecular weight excluding hydrogens is 302 g/mol. The van der Waals surface area contributed by atoms with Crippen molar-refractivity contribution in [3.8, 4) is 5.75 Å². The summed E-state index contributed by atoms with van der Waals surface area (Å²) in [6, 6.07) is 8.17. The lowest BCUT2D eigenvalue weighted by Gasteiger charge is -2.22. The van der Waals surface area contributed by atoms with Gasteiger partial charge in [-0.25, -0.2) is 4.79 Å². The fourth-order valence-electron chi connectivity index (χ4n) is 3.50. The Balaban J connectivity index is 1.45. The van der Waals surface area contributed by atoms with Crippen molar-refractivity contribution < 1.29 is 9.53 Å². The number of hydrogen-bond donors (Lipinski definition) is 2. The summed E-state index contributed by atoms with van der Waals surface area (Å²) >= 11 is 0. The number of carbonyl (C=O) groups excluding carboxylic acids is 1. The van der Waals surface area contributed by atoms with Gasteiger partial charge in [-0.3, -0.25) is 0 Å². The van der Waals surface area contributed by atoms with Gasteiger partial charge in [0.05, 0.1) is 12.8 Å². The number of ether oxygens (including phenoxy) is 1. The Morgan fingerprint density at radius 3 is 2.96 bits per heavy atom. The third-order valence-corrected chi connectivity index (χ3v) is 4.88. The van der Waals surface area contributed by atoms with Crippen molar-refractivity contribution in [2.45, 2.75) is 31.7 Å². The Kier molecular flexibility index (Phi) is 5.62. The number of urea groups is 1. The SMILES string of the molecule is COc1ccccc1N1CCC(NC(=O)NCC2CC=CCC2)C1. The van der Waals surface area contributed by atoms with E-state index in [2.05, 4.69) is 33.8 Å². The summed E-state index contributed by atoms with van der Waals surface area (Å²) in [5.74, 6) is 1.46. The maximum atomic E-state index is 12.1. The molecule has 0 radical (unpaired) electrons. The van der Waals surface area contributed by atoms with Gasteiger partial charge in [-0.2, -0.15) is 0 Å². The van der Waals surface area contributed by atoms with Gasteiger partial charge < -0.3 is 20.3 Å². The zero-order chi connectivity index (χ0) is 16.8. The van der Waals surface area contributed by atoms with Gasteiger partial charge in [-0.1, -0.05) is 24.3 Å². The number of hydrogen-bond acceptors (Lipinski definition) is 3. The minimum Gasteiger partial charge on any atom is -0.495 e. The van der Waals surface area contributed by atoms with Crippen molar-refractivity contribution in [1.29, 1.82) is 0 Å². The van der Waals surface area contributed by atoms with Crippen LogP contribution in [0.5, 0.6) is 5.75 Å². The van der Waals surface area contributed by atoms with Crippen molar-refractivity contribution in [3.05, 3.63) is 36.4 Å². The number of methoxy groups -OCH3 is 1. The van der Waals surface area contributed by atoms with E-state index in [-0.39, 0.29) is 12.1 Å². The van der Waals surface area contributed by atoms with Crippen LogP contribution in [0.4, 0.5) is 10.5 Å². The van der Waals surface area contributed by atoms with Gasteiger partial charge in [0.2, 0.25) is 0 Å². The van der Waals surface area contributed by atoms with Crippen LogP contribution in [-0.4, -0.2) is 38.8 Å². The smallest absolute Gasteiger partial charge is 0.315 e. The summed E-state index contributed by atoms with van der Waals surface area (Å²) in [4.78, 5) is 14.4. The second-order valence-electron chi connectivity index (χ2n) is 6.61. The quantitative estimate of drug-likeness (QED) is 0.817. The molecule has 2 unspecified atom stereocenters. The third-order valence-electron chi connectivity index (χ3n) is 4.88. The van der Waals surface area contributed by atoms with Crippen molar-refractivity contribution in [1.82, 2.24) is 10.6 Å². The molecule has 24 heavy (non-hydrogen) atoms. The molecule has 0 saturated carbocycles. The first-order valence-corrected chi connectivity index (χ1v) is 8.83. The molecule has 2 amide bonds. The Bertz CT molecular complexity index is 588. The van der Waals surface area contributed by atoms with Gasteiger partial charge in [0, 0.05) is 25.7 Å². The summed E-state index contributed by atoms with van der Waals surface area (Å²) in [6.45, 7) is 2.51. The van der Waals surface area contributed by atoms with Gasteiger partial charge >= 0.3 is 6.03 Å². The molecule has 130 valence electrons. The Morgan fingerprint density at radius 2 is 2.17 bits per heavy atom. The van der Waals surface area contributed by atoms with E-state index >= 15 is 0 Å². The molecule has 2 N–H and O–H groups in total. The van der Waals surface area contributed by atoms with Crippen LogP contribution in [0.2, 0.25) is 0 Å². The highest BCUT2D eigenvalue weighted by molar-refractivity contribution is 5.74. The van der Waals surface area contributed by atoms with Crippen LogP contribution in [0.1, 0.15) is 25.7 Å². The summed E-state index contributed by atoms with van der Waals surface area (Å²) in [5, 5.41) is 6.13. The summed E-state index contributed by atoms with van der Waals surface area (Å²) in [7, 11) is 1.69. The molecule has 1 aliphatic heterocycles. The first-order valence-electron chi connectivity index (χ1n) is 8.83. The van der Waals surface area contributed by atoms with Crippen LogP contribution < -0.4 is 20.3 Å². The normalized spacial score (nSPS) is 23.1. The molecule has 0 aromatic heterocycles. The monoisotopic (exact) mass is 329 g/mol. The van der Waals surface area contributed by atoms with E-state index in [4.69, 9.17) is 4.74 Å². The van der Waals surface area contributed by atoms with E-state index in [0.29, 0.717) is 5.92 Å². The highest BCUT2D eigenvalue weighted by Gasteiger charge is 2.25. The van der Waals surface area contributed by atoms with Gasteiger partial charge in [0.15, 0.2) is 0 Å². The highest BCUT2D eigenvalue weighted by Crippen LogP contribution is 2.30. The molecule has 2 atom stereocenters. The van der Waals surface area contributed by atoms with Crippen LogP contribution >= 0.6 is 0 Å². The number of nitrogens with one attached hydrogen (secondary N) is 2. The number of allylic oxidation sites excluding steroid dienone is 2. The molecule has 2 aliphatic rings. The van der Waals surface area contributed by atoms with Crippen LogP contribution in [0.15, 0.2) is 36.4 Å². The average Bonchev–Trinajstić information content (AvgIpc) is 3.09. The molecule has 5 nitrogen and oxygen atoms in total. The molecule has 0 bridgehead atoms. The molecule has 0 spiro atoms. The zero-order valence-corrected chi connectivity index (χ0v) is 14.3. The van der Waals surface area contributed by atoms with Crippen molar-refractivity contribution in [2.24, 2.45) is 5.92 Å². The summed E-state index contributed by atoms with van der Waals surface area (Å²) in [6.07, 6.45) is 8.77. The van der Waals surface area contributed by atoms with Gasteiger partial charge in [0.25, 0.3) is 0 Å². The topological polar surface area (TPSA) is 53.6 Å². The lowest BCUT2D eigenvalue weighted by atomic mass is 9.94. The van der Waals surface area contributed by atoms with Gasteiger partial charge in [-0.05, 0) is 43.7 Å². The van der Waals surface area contributed by atoms with E-state index in [9.17, 15) is 4.79 Å². The largest absolute Gasteiger partial charge is 0.495 e. The maximum Gasteiger partial charge on any atom is 0.315 e. The third kappa shape index (κ3) is 4.22. The first-order chi connectivity index (χ1) is 11.8. The van der Waals surface area contributed by atoms with Crippen molar-refractivity contribution in [2.75, 3.05) is 31.6 Å². The van der Waals surface area contributed by atoms with E-state index in [0.717, 1.165) is 50.3 Å². The van der Waals surface area contributed by atoms with Crippen molar-refractivity contribution in [3.63, 3.8) is 0 Å². The fraction of sp³-hybridized carbons (Fsp3) is 0.526. The van der Waals surface area contributed by atoms with Crippen LogP contribution in [0, 0.1) is 5.92 Å². The first kappa shape index (κ1) is 16.7. The highest BCUT2D eigenvalue weighted by atomic mass is 16.5. The molecule has 1 aromatic rings. The summed E-state index contributed by atoms with van der Waals surface area (Å²) < 4.78 is 5.43. The molecule has 5 heteroatoms. The molecule has 3 rings (SSSR count). The number of amides is 2. The Hall–Kier alpha value is -2.17. The molecule has 1 aliphatic carbocycles. The van der Waals surface area contributed by atoms with E-state index in [1.54, 1.807) is 7.11 Å². The molecule has 1 heterocycles. The zero-order valence-electron chi connectivity index (χ0n) is 14.3. The van der Waals surface area contributed by atoms with E-state index in [1.165, 1.54) is 6.42 Å². The van der Waals surface area contributed by atoms with E-state index < -0.39 is 0 Å². The number of anilines is 1. The predicted molar refractivity (Wildman–Crippen MR) is 96.6 cm³/mol. The van der Waals surface area contributed by atoms with Gasteiger partial charge in [0.1, 0.15) is 5.75 Å². The van der Waals surface area contributed by atoms with Gasteiger partial charge in [-0.15, -0.1) is 0 Å². The number of para-hydroxylation sites is 2. The van der Waals surface area contributed by atoms with Crippen LogP contribution in [-0.2, 0) is 0 Å². The lowest BCUT2D eigenvalue weighted by Crippen LogP contribution is -2.44. The van der Waals surface area contributed by atoms with Crippen molar-refractivity contribution >= 4 is 11.7 Å². The standard InChI is InChI=1S/C19H27N3O2/c1-24-18-10-6-5-9-17(18)22-12-11-16(14-22)21-19(23)20-13-15-7-3-2-4-8-15/h2-3,5-6,9-10,15-16H,4,7-8,11-14H2,1H3,(H2,20,21,23). The molecule has 1 fully saturated rings. The molecular formula is C19H27N3O2. The maximum absolute atomic E-state index is 12.1. The Morgan fingerprint density at radius 1 is 1.29 bits per heavy atom. The number of nitrogens with zero attached hydrogens (tertiary/aromatic N) is 1. The molecule has 1 aromatic carbocycles. The molecule has 1 saturated heterocycles. The Labute approximate surface area is 144 Å². The van der Waals surface area contributed by atoms with Crippen LogP contribution in [0.3, 0.4) is 0 Å². The van der Waals surface area contributed by atoms with E-state index in [1.807, 2.05) is 18.2 Å². The number of carbonyl (C=O) groups is 1. The fourth-order valence-corrected chi connectivity index (χ4v) is 3.50. The minimum atomic E-state index is -0.0450. The second kappa shape index (κ2) is 8.08.